The summed E-state index contributed by atoms with van der Waals surface area (Å²) in [6, 6.07) is -1.11. The largest absolute Gasteiger partial charge is 0.462 e. The summed E-state index contributed by atoms with van der Waals surface area (Å²) in [7, 11) is 0. The molecule has 0 saturated carbocycles. The quantitative estimate of drug-likeness (QED) is 0.0281. The molecule has 13 heteroatoms. The third-order valence-corrected chi connectivity index (χ3v) is 10.6. The van der Waals surface area contributed by atoms with Gasteiger partial charge in [0.05, 0.1) is 19.3 Å². The van der Waals surface area contributed by atoms with Crippen molar-refractivity contribution in [3.63, 3.8) is 0 Å². The molecule has 0 spiro atoms. The summed E-state index contributed by atoms with van der Waals surface area (Å²) < 4.78 is 27.5. The van der Waals surface area contributed by atoms with Gasteiger partial charge in [-0.25, -0.2) is 4.57 Å². The van der Waals surface area contributed by atoms with Gasteiger partial charge in [-0.15, -0.1) is 0 Å². The minimum atomic E-state index is -4.13. The molecule has 2 unspecified atom stereocenters. The molecule has 0 aliphatic rings. The Morgan fingerprint density at radius 2 is 1.20 bits per heavy atom. The first-order valence-corrected chi connectivity index (χ1v) is 22.4. The van der Waals surface area contributed by atoms with Crippen LogP contribution in [0.4, 0.5) is 0 Å². The lowest BCUT2D eigenvalue weighted by Gasteiger charge is -2.20. The molecule has 0 aromatic carbocycles. The Morgan fingerprint density at radius 1 is 0.714 bits per heavy atom. The molecular weight excluding hydrogens is 667 g/mol. The van der Waals surface area contributed by atoms with Crippen LogP contribution in [0.2, 0.25) is 0 Å². The highest BCUT2D eigenvalue weighted by atomic mass is 32.7. The van der Waals surface area contributed by atoms with Crippen LogP contribution in [-0.4, -0.2) is 71.4 Å². The van der Waals surface area contributed by atoms with E-state index in [4.69, 9.17) is 29.7 Å². The van der Waals surface area contributed by atoms with Gasteiger partial charge in [0.25, 0.3) is 0 Å². The van der Waals surface area contributed by atoms with Crippen molar-refractivity contribution in [1.29, 1.82) is 0 Å². The third-order valence-electron chi connectivity index (χ3n) is 8.32. The average Bonchev–Trinajstić information content (AvgIpc) is 3.04. The number of ether oxygens (including phenoxy) is 3. The normalized spacial score (nSPS) is 13.5. The van der Waals surface area contributed by atoms with Crippen LogP contribution in [-0.2, 0) is 33.2 Å². The summed E-state index contributed by atoms with van der Waals surface area (Å²) in [6.07, 6.45) is 22.3. The fraction of sp³-hybridized carbons (Fsp3) is 0.917. The lowest BCUT2D eigenvalue weighted by atomic mass is 10.1. The Labute approximate surface area is 301 Å². The second-order valence-electron chi connectivity index (χ2n) is 13.3. The lowest BCUT2D eigenvalue weighted by molar-refractivity contribution is -0.159. The molecule has 0 radical (unpaired) electrons. The topological polar surface area (TPSA) is 174 Å². The smallest absolute Gasteiger partial charge is 0.384 e. The number of carbonyl (C=O) groups excluding carboxylic acids is 3. The minimum Gasteiger partial charge on any atom is -0.462 e. The fourth-order valence-electron chi connectivity index (χ4n) is 5.40. The van der Waals surface area contributed by atoms with Gasteiger partial charge in [0, 0.05) is 24.6 Å². The minimum absolute atomic E-state index is 0.00409. The van der Waals surface area contributed by atoms with Gasteiger partial charge in [0.1, 0.15) is 12.7 Å². The molecule has 290 valence electrons. The Bertz CT molecular complexity index is 877. The molecule has 5 N–H and O–H groups in total. The molecule has 49 heavy (non-hydrogen) atoms. The van der Waals surface area contributed by atoms with Crippen molar-refractivity contribution < 1.29 is 42.9 Å². The number of carbonyl (C=O) groups is 3. The summed E-state index contributed by atoms with van der Waals surface area (Å²) in [5.41, 5.74) is 6.12. The standard InChI is InChI=1S/C36H71N2O9PS/c1-4-6-8-10-12-14-16-18-20-25-34(39)46-30-32(47-35(40)26-21-19-17-15-13-11-9-7-5-2)23-22-24-33(37)36(41)38-31(3)29-45-27-28-49-48(42,43)44/h31-33H,4-30,37H2,1-3H3,(H,38,41)(H2,42,43,44)/t31-,32?,33?/m0/s1. The zero-order valence-electron chi connectivity index (χ0n) is 31.0. The number of nitrogens with two attached hydrogens (primary N) is 1. The van der Waals surface area contributed by atoms with Crippen LogP contribution in [0.15, 0.2) is 0 Å². The molecule has 3 atom stereocenters. The van der Waals surface area contributed by atoms with E-state index in [0.717, 1.165) is 38.5 Å². The molecule has 0 bridgehead atoms. The first kappa shape index (κ1) is 47.8. The molecule has 0 aromatic rings. The highest BCUT2D eigenvalue weighted by molar-refractivity contribution is 8.54. The average molecular weight is 739 g/mol. The van der Waals surface area contributed by atoms with E-state index in [0.29, 0.717) is 43.5 Å². The van der Waals surface area contributed by atoms with E-state index in [9.17, 15) is 18.9 Å². The Morgan fingerprint density at radius 3 is 1.71 bits per heavy atom. The predicted molar refractivity (Wildman–Crippen MR) is 199 cm³/mol. The van der Waals surface area contributed by atoms with Gasteiger partial charge in [-0.3, -0.25) is 14.4 Å². The van der Waals surface area contributed by atoms with E-state index in [1.54, 1.807) is 6.92 Å². The number of hydrogen-bond donors (Lipinski definition) is 4. The van der Waals surface area contributed by atoms with Crippen LogP contribution in [0, 0.1) is 0 Å². The van der Waals surface area contributed by atoms with Gasteiger partial charge >= 0.3 is 18.7 Å². The number of rotatable bonds is 35. The highest BCUT2D eigenvalue weighted by Gasteiger charge is 2.20. The van der Waals surface area contributed by atoms with E-state index < -0.39 is 18.9 Å². The second-order valence-corrected chi connectivity index (χ2v) is 17.1. The van der Waals surface area contributed by atoms with E-state index in [-0.39, 0.29) is 49.5 Å². The number of unbranched alkanes of at least 4 members (excludes halogenated alkanes) is 16. The van der Waals surface area contributed by atoms with Crippen LogP contribution in [0.5, 0.6) is 0 Å². The van der Waals surface area contributed by atoms with Gasteiger partial charge in [0.2, 0.25) is 5.91 Å². The van der Waals surface area contributed by atoms with Crippen molar-refractivity contribution in [2.75, 3.05) is 25.6 Å². The molecule has 0 heterocycles. The van der Waals surface area contributed by atoms with Crippen LogP contribution >= 0.6 is 18.2 Å². The summed E-state index contributed by atoms with van der Waals surface area (Å²) >= 11 is 0.516. The van der Waals surface area contributed by atoms with E-state index in [2.05, 4.69) is 19.2 Å². The molecule has 0 fully saturated rings. The molecule has 0 aliphatic heterocycles. The Kier molecular flexibility index (Phi) is 31.9. The van der Waals surface area contributed by atoms with Crippen molar-refractivity contribution in [3.8, 4) is 0 Å². The van der Waals surface area contributed by atoms with Gasteiger partial charge < -0.3 is 35.0 Å². The maximum Gasteiger partial charge on any atom is 0.384 e. The van der Waals surface area contributed by atoms with Crippen LogP contribution in [0.25, 0.3) is 0 Å². The van der Waals surface area contributed by atoms with Crippen molar-refractivity contribution in [3.05, 3.63) is 0 Å². The van der Waals surface area contributed by atoms with E-state index in [1.807, 2.05) is 0 Å². The SMILES string of the molecule is CCCCCCCCCCCC(=O)OCC(CCCC(N)C(=O)N[C@@H](C)COCCSP(=O)(O)O)OC(=O)CCCCCCCCCCC. The van der Waals surface area contributed by atoms with Crippen LogP contribution in [0.3, 0.4) is 0 Å². The number of hydrogen-bond acceptors (Lipinski definition) is 9. The maximum absolute atomic E-state index is 12.7. The molecule has 0 aliphatic carbocycles. The summed E-state index contributed by atoms with van der Waals surface area (Å²) in [5, 5.41) is 2.79. The van der Waals surface area contributed by atoms with Crippen LogP contribution in [0.1, 0.15) is 168 Å². The third kappa shape index (κ3) is 33.7. The first-order chi connectivity index (χ1) is 23.5. The van der Waals surface area contributed by atoms with Gasteiger partial charge in [-0.05, 0) is 50.4 Å². The lowest BCUT2D eigenvalue weighted by Crippen LogP contribution is -2.46. The Balaban J connectivity index is 4.58. The van der Waals surface area contributed by atoms with E-state index in [1.165, 1.54) is 77.0 Å². The Hall–Kier alpha value is -1.17. The molecule has 11 nitrogen and oxygen atoms in total. The first-order valence-electron chi connectivity index (χ1n) is 19.2. The van der Waals surface area contributed by atoms with E-state index >= 15 is 0 Å². The van der Waals surface area contributed by atoms with Gasteiger partial charge in [-0.1, -0.05) is 117 Å². The second kappa shape index (κ2) is 32.7. The molecule has 0 rings (SSSR count). The predicted octanol–water partition coefficient (Wildman–Crippen LogP) is 8.13. The van der Waals surface area contributed by atoms with Crippen LogP contribution < -0.4 is 11.1 Å². The summed E-state index contributed by atoms with van der Waals surface area (Å²) in [6.45, 7) is 2.38. The number of esters is 2. The molecule has 0 aromatic heterocycles. The van der Waals surface area contributed by atoms with Crippen molar-refractivity contribution in [2.24, 2.45) is 5.73 Å². The zero-order chi connectivity index (χ0) is 36.6. The molecular formula is C36H71N2O9PS. The van der Waals surface area contributed by atoms with Gasteiger partial charge in [0.15, 0.2) is 0 Å². The zero-order valence-corrected chi connectivity index (χ0v) is 32.7. The summed E-state index contributed by atoms with van der Waals surface area (Å²) in [4.78, 5) is 55.4. The van der Waals surface area contributed by atoms with Gasteiger partial charge in [-0.2, -0.15) is 0 Å². The number of amides is 1. The monoisotopic (exact) mass is 738 g/mol. The highest BCUT2D eigenvalue weighted by Crippen LogP contribution is 2.49. The molecule has 1 amide bonds. The number of nitrogens with one attached hydrogen (secondary N) is 1. The molecule has 0 saturated heterocycles. The van der Waals surface area contributed by atoms with Crippen molar-refractivity contribution in [1.82, 2.24) is 5.32 Å². The maximum atomic E-state index is 12.7. The van der Waals surface area contributed by atoms with Crippen molar-refractivity contribution >= 4 is 36.0 Å². The fourth-order valence-corrected chi connectivity index (χ4v) is 6.77. The summed E-state index contributed by atoms with van der Waals surface area (Å²) in [5.74, 6) is -0.773. The van der Waals surface area contributed by atoms with Crippen molar-refractivity contribution in [2.45, 2.75) is 187 Å².